The Balaban J connectivity index is 2.29. The average Bonchev–Trinajstić information content (AvgIpc) is 2.57. The highest BCUT2D eigenvalue weighted by molar-refractivity contribution is 5.70. The number of hydrogen-bond acceptors (Lipinski definition) is 3. The number of hydrogen-bond donors (Lipinski definition) is 2. The summed E-state index contributed by atoms with van der Waals surface area (Å²) in [6.07, 6.45) is 0.00853. The molecule has 0 saturated heterocycles. The first-order valence-corrected chi connectivity index (χ1v) is 6.06. The molecular formula is C14H17N3O2. The smallest absolute Gasteiger partial charge is 0.307 e. The third-order valence-electron chi connectivity index (χ3n) is 3.14. The number of rotatable bonds is 4. The summed E-state index contributed by atoms with van der Waals surface area (Å²) in [6.45, 7) is 4.32. The molecule has 0 aliphatic rings. The minimum absolute atomic E-state index is 0.00853. The van der Waals surface area contributed by atoms with Gasteiger partial charge in [-0.05, 0) is 31.5 Å². The monoisotopic (exact) mass is 259 g/mol. The molecule has 0 aliphatic heterocycles. The van der Waals surface area contributed by atoms with Crippen LogP contribution < -0.4 is 5.73 Å². The number of nitrogens with two attached hydrogens (primary N) is 1. The Kier molecular flexibility index (Phi) is 3.55. The highest BCUT2D eigenvalue weighted by atomic mass is 16.4. The number of aliphatic carboxylic acids is 1. The van der Waals surface area contributed by atoms with Crippen LogP contribution in [-0.4, -0.2) is 20.9 Å². The lowest BCUT2D eigenvalue weighted by atomic mass is 10.1. The van der Waals surface area contributed by atoms with Gasteiger partial charge in [0.2, 0.25) is 0 Å². The van der Waals surface area contributed by atoms with Gasteiger partial charge in [0.15, 0.2) is 0 Å². The SMILES string of the molecule is Cc1nn(Cc2cccc(N)c2)c(C)c1CC(=O)O. The lowest BCUT2D eigenvalue weighted by Gasteiger charge is -2.06. The number of aryl methyl sites for hydroxylation is 1. The summed E-state index contributed by atoms with van der Waals surface area (Å²) in [4.78, 5) is 10.8. The molecule has 1 aromatic carbocycles. The van der Waals surface area contributed by atoms with Crippen LogP contribution in [0.15, 0.2) is 24.3 Å². The minimum Gasteiger partial charge on any atom is -0.481 e. The summed E-state index contributed by atoms with van der Waals surface area (Å²) in [5.41, 5.74) is 9.95. The molecule has 0 bridgehead atoms. The largest absolute Gasteiger partial charge is 0.481 e. The van der Waals surface area contributed by atoms with Crippen molar-refractivity contribution in [3.8, 4) is 0 Å². The normalized spacial score (nSPS) is 10.6. The molecule has 100 valence electrons. The maximum absolute atomic E-state index is 10.8. The Hall–Kier alpha value is -2.30. The van der Waals surface area contributed by atoms with E-state index in [2.05, 4.69) is 5.10 Å². The van der Waals surface area contributed by atoms with Gasteiger partial charge in [-0.2, -0.15) is 5.10 Å². The highest BCUT2D eigenvalue weighted by Gasteiger charge is 2.14. The van der Waals surface area contributed by atoms with Crippen molar-refractivity contribution in [2.24, 2.45) is 0 Å². The van der Waals surface area contributed by atoms with Crippen LogP contribution in [0.4, 0.5) is 5.69 Å². The first-order chi connectivity index (χ1) is 8.97. The molecule has 19 heavy (non-hydrogen) atoms. The zero-order valence-corrected chi connectivity index (χ0v) is 11.1. The van der Waals surface area contributed by atoms with Gasteiger partial charge < -0.3 is 10.8 Å². The van der Waals surface area contributed by atoms with Gasteiger partial charge in [0, 0.05) is 16.9 Å². The van der Waals surface area contributed by atoms with Crippen molar-refractivity contribution in [3.63, 3.8) is 0 Å². The van der Waals surface area contributed by atoms with Crippen LogP contribution in [0.2, 0.25) is 0 Å². The van der Waals surface area contributed by atoms with Gasteiger partial charge in [-0.3, -0.25) is 9.48 Å². The van der Waals surface area contributed by atoms with E-state index in [0.29, 0.717) is 12.2 Å². The van der Waals surface area contributed by atoms with E-state index >= 15 is 0 Å². The maximum Gasteiger partial charge on any atom is 0.307 e. The van der Waals surface area contributed by atoms with E-state index in [4.69, 9.17) is 10.8 Å². The molecule has 1 heterocycles. The molecule has 0 fully saturated rings. The Morgan fingerprint density at radius 1 is 1.42 bits per heavy atom. The molecule has 0 spiro atoms. The first-order valence-electron chi connectivity index (χ1n) is 6.06. The molecule has 0 radical (unpaired) electrons. The summed E-state index contributed by atoms with van der Waals surface area (Å²) in [7, 11) is 0. The standard InChI is InChI=1S/C14H17N3O2/c1-9-13(7-14(18)19)10(2)17(16-9)8-11-4-3-5-12(15)6-11/h3-6H,7-8,15H2,1-2H3,(H,18,19). The van der Waals surface area contributed by atoms with Crippen LogP contribution >= 0.6 is 0 Å². The van der Waals surface area contributed by atoms with Gasteiger partial charge in [-0.15, -0.1) is 0 Å². The van der Waals surface area contributed by atoms with E-state index in [9.17, 15) is 4.79 Å². The van der Waals surface area contributed by atoms with Crippen molar-refractivity contribution < 1.29 is 9.90 Å². The van der Waals surface area contributed by atoms with Crippen LogP contribution in [0.5, 0.6) is 0 Å². The van der Waals surface area contributed by atoms with E-state index in [1.165, 1.54) is 0 Å². The van der Waals surface area contributed by atoms with Gasteiger partial charge in [-0.1, -0.05) is 12.1 Å². The molecule has 0 atom stereocenters. The lowest BCUT2D eigenvalue weighted by Crippen LogP contribution is -2.06. The van der Waals surface area contributed by atoms with Crippen molar-refractivity contribution in [1.29, 1.82) is 0 Å². The fraction of sp³-hybridized carbons (Fsp3) is 0.286. The third-order valence-corrected chi connectivity index (χ3v) is 3.14. The molecule has 5 heteroatoms. The molecule has 0 amide bonds. The zero-order chi connectivity index (χ0) is 14.0. The maximum atomic E-state index is 10.8. The molecule has 3 N–H and O–H groups in total. The second-order valence-corrected chi connectivity index (χ2v) is 4.62. The van der Waals surface area contributed by atoms with E-state index in [1.807, 2.05) is 42.8 Å². The molecule has 0 aliphatic carbocycles. The lowest BCUT2D eigenvalue weighted by molar-refractivity contribution is -0.136. The molecule has 0 saturated carbocycles. The number of anilines is 1. The zero-order valence-electron chi connectivity index (χ0n) is 11.1. The molecule has 0 unspecified atom stereocenters. The number of benzene rings is 1. The van der Waals surface area contributed by atoms with Crippen molar-refractivity contribution in [3.05, 3.63) is 46.8 Å². The van der Waals surface area contributed by atoms with Crippen molar-refractivity contribution in [1.82, 2.24) is 9.78 Å². The summed E-state index contributed by atoms with van der Waals surface area (Å²) in [6, 6.07) is 7.60. The Morgan fingerprint density at radius 3 is 2.79 bits per heavy atom. The van der Waals surface area contributed by atoms with Crippen molar-refractivity contribution >= 4 is 11.7 Å². The van der Waals surface area contributed by atoms with Gasteiger partial charge >= 0.3 is 5.97 Å². The fourth-order valence-corrected chi connectivity index (χ4v) is 2.16. The van der Waals surface area contributed by atoms with E-state index in [-0.39, 0.29) is 6.42 Å². The first kappa shape index (κ1) is 13.1. The number of carboxylic acids is 1. The van der Waals surface area contributed by atoms with E-state index < -0.39 is 5.97 Å². The predicted octanol–water partition coefficient (Wildman–Crippen LogP) is 1.76. The summed E-state index contributed by atoms with van der Waals surface area (Å²) >= 11 is 0. The minimum atomic E-state index is -0.838. The van der Waals surface area contributed by atoms with E-state index in [0.717, 1.165) is 22.5 Å². The van der Waals surface area contributed by atoms with Crippen LogP contribution in [-0.2, 0) is 17.8 Å². The Labute approximate surface area is 111 Å². The number of carbonyl (C=O) groups is 1. The molecule has 2 aromatic rings. The Bertz CT molecular complexity index is 617. The van der Waals surface area contributed by atoms with Crippen LogP contribution in [0, 0.1) is 13.8 Å². The summed E-state index contributed by atoms with van der Waals surface area (Å²) in [5.74, 6) is -0.838. The number of nitrogen functional groups attached to an aromatic ring is 1. The predicted molar refractivity (Wildman–Crippen MR) is 73.0 cm³/mol. The topological polar surface area (TPSA) is 81.1 Å². The average molecular weight is 259 g/mol. The number of carboxylic acid groups (broad SMARTS) is 1. The summed E-state index contributed by atoms with van der Waals surface area (Å²) < 4.78 is 1.82. The van der Waals surface area contributed by atoms with Crippen LogP contribution in [0.25, 0.3) is 0 Å². The highest BCUT2D eigenvalue weighted by Crippen LogP contribution is 2.16. The van der Waals surface area contributed by atoms with Gasteiger partial charge in [0.1, 0.15) is 0 Å². The van der Waals surface area contributed by atoms with Crippen molar-refractivity contribution in [2.75, 3.05) is 5.73 Å². The molecular weight excluding hydrogens is 242 g/mol. The van der Waals surface area contributed by atoms with Crippen molar-refractivity contribution in [2.45, 2.75) is 26.8 Å². The molecule has 5 nitrogen and oxygen atoms in total. The molecule has 2 rings (SSSR count). The fourth-order valence-electron chi connectivity index (χ4n) is 2.16. The van der Waals surface area contributed by atoms with Crippen LogP contribution in [0.3, 0.4) is 0 Å². The number of nitrogens with zero attached hydrogens (tertiary/aromatic N) is 2. The number of aromatic nitrogens is 2. The quantitative estimate of drug-likeness (QED) is 0.820. The van der Waals surface area contributed by atoms with Gasteiger partial charge in [0.25, 0.3) is 0 Å². The molecule has 1 aromatic heterocycles. The Morgan fingerprint density at radius 2 is 2.16 bits per heavy atom. The second-order valence-electron chi connectivity index (χ2n) is 4.62. The van der Waals surface area contributed by atoms with Gasteiger partial charge in [0.05, 0.1) is 18.7 Å². The summed E-state index contributed by atoms with van der Waals surface area (Å²) in [5, 5.41) is 13.3. The van der Waals surface area contributed by atoms with Gasteiger partial charge in [-0.25, -0.2) is 0 Å². The van der Waals surface area contributed by atoms with E-state index in [1.54, 1.807) is 0 Å². The third kappa shape index (κ3) is 2.93. The second kappa shape index (κ2) is 5.14. The van der Waals surface area contributed by atoms with Crippen LogP contribution in [0.1, 0.15) is 22.5 Å².